The lowest BCUT2D eigenvalue weighted by Gasteiger charge is -2.27. The highest BCUT2D eigenvalue weighted by atomic mass is 16.5. The van der Waals surface area contributed by atoms with Crippen LogP contribution < -0.4 is 0 Å². The molecule has 0 saturated carbocycles. The molecule has 0 aliphatic carbocycles. The van der Waals surface area contributed by atoms with E-state index in [0.29, 0.717) is 50.0 Å². The molecule has 2 fully saturated rings. The van der Waals surface area contributed by atoms with Crippen molar-refractivity contribution in [1.29, 1.82) is 0 Å². The van der Waals surface area contributed by atoms with Crippen LogP contribution in [0, 0.1) is 0 Å². The Bertz CT molecular complexity index is 700. The molecule has 1 aromatic carbocycles. The van der Waals surface area contributed by atoms with Gasteiger partial charge in [0.2, 0.25) is 0 Å². The number of benzene rings is 1. The van der Waals surface area contributed by atoms with Gasteiger partial charge in [-0.15, -0.1) is 0 Å². The van der Waals surface area contributed by atoms with Crippen LogP contribution in [0.5, 0.6) is 0 Å². The van der Waals surface area contributed by atoms with Crippen molar-refractivity contribution in [2.24, 2.45) is 0 Å². The van der Waals surface area contributed by atoms with Crippen molar-refractivity contribution in [2.45, 2.75) is 32.4 Å². The monoisotopic (exact) mass is 357 g/mol. The van der Waals surface area contributed by atoms with Crippen molar-refractivity contribution >= 4 is 11.8 Å². The number of carbonyl (C=O) groups is 2. The number of hydrogen-bond acceptors (Lipinski definition) is 4. The lowest BCUT2D eigenvalue weighted by molar-refractivity contribution is 0.0303. The summed E-state index contributed by atoms with van der Waals surface area (Å²) < 4.78 is 5.31. The molecule has 26 heavy (non-hydrogen) atoms. The van der Waals surface area contributed by atoms with E-state index in [2.05, 4.69) is 11.8 Å². The predicted molar refractivity (Wildman–Crippen MR) is 98.2 cm³/mol. The van der Waals surface area contributed by atoms with E-state index < -0.39 is 0 Å². The topological polar surface area (TPSA) is 53.1 Å². The van der Waals surface area contributed by atoms with Crippen molar-refractivity contribution in [1.82, 2.24) is 14.7 Å². The van der Waals surface area contributed by atoms with Crippen molar-refractivity contribution in [2.75, 3.05) is 45.9 Å². The van der Waals surface area contributed by atoms with E-state index in [0.717, 1.165) is 31.6 Å². The van der Waals surface area contributed by atoms with Crippen LogP contribution in [0.25, 0.3) is 0 Å². The van der Waals surface area contributed by atoms with E-state index >= 15 is 0 Å². The third kappa shape index (κ3) is 3.23. The molecule has 1 atom stereocenters. The molecular formula is C20H27N3O3. The highest BCUT2D eigenvalue weighted by Crippen LogP contribution is 2.27. The zero-order chi connectivity index (χ0) is 18.1. The Morgan fingerprint density at radius 1 is 1.23 bits per heavy atom. The third-order valence-electron chi connectivity index (χ3n) is 5.87. The summed E-state index contributed by atoms with van der Waals surface area (Å²) in [4.78, 5) is 31.8. The van der Waals surface area contributed by atoms with Gasteiger partial charge in [-0.25, -0.2) is 0 Å². The molecule has 4 rings (SSSR count). The second-order valence-corrected chi connectivity index (χ2v) is 7.39. The fraction of sp³-hybridized carbons (Fsp3) is 0.600. The summed E-state index contributed by atoms with van der Waals surface area (Å²) in [6.07, 6.45) is 2.38. The molecule has 0 radical (unpaired) electrons. The molecule has 0 N–H and O–H groups in total. The number of fused-ring (bicyclic) bond motifs is 1. The molecule has 0 spiro atoms. The van der Waals surface area contributed by atoms with Crippen LogP contribution in [0.3, 0.4) is 0 Å². The van der Waals surface area contributed by atoms with Gasteiger partial charge >= 0.3 is 0 Å². The standard InChI is InChI=1S/C20H27N3O3/c1-2-21-7-3-4-17(21)14-23-13-16-6-5-15(12-18(16)20(23)25)19(24)22-8-10-26-11-9-22/h5-6,12,17H,2-4,7-11,13-14H2,1H3. The largest absolute Gasteiger partial charge is 0.378 e. The van der Waals surface area contributed by atoms with Crippen molar-refractivity contribution in [3.8, 4) is 0 Å². The van der Waals surface area contributed by atoms with Gasteiger partial charge in [0.15, 0.2) is 0 Å². The first-order valence-corrected chi connectivity index (χ1v) is 9.70. The number of rotatable bonds is 4. The highest BCUT2D eigenvalue weighted by Gasteiger charge is 2.33. The Hall–Kier alpha value is -1.92. The van der Waals surface area contributed by atoms with E-state index in [9.17, 15) is 9.59 Å². The van der Waals surface area contributed by atoms with E-state index in [1.807, 2.05) is 17.0 Å². The fourth-order valence-corrected chi connectivity index (χ4v) is 4.36. The molecule has 6 nitrogen and oxygen atoms in total. The van der Waals surface area contributed by atoms with Crippen LogP contribution in [0.15, 0.2) is 18.2 Å². The van der Waals surface area contributed by atoms with Crippen LogP contribution in [0.4, 0.5) is 0 Å². The number of hydrogen-bond donors (Lipinski definition) is 0. The van der Waals surface area contributed by atoms with Crippen LogP contribution in [-0.4, -0.2) is 78.5 Å². The SMILES string of the molecule is CCN1CCCC1CN1Cc2ccc(C(=O)N3CCOCC3)cc2C1=O. The van der Waals surface area contributed by atoms with Crippen LogP contribution in [-0.2, 0) is 11.3 Å². The van der Waals surface area contributed by atoms with Crippen molar-refractivity contribution < 1.29 is 14.3 Å². The molecule has 1 aromatic rings. The summed E-state index contributed by atoms with van der Waals surface area (Å²) in [5.41, 5.74) is 2.34. The Kier molecular flexibility index (Phi) is 4.96. The molecule has 2 saturated heterocycles. The number of ether oxygens (including phenoxy) is 1. The summed E-state index contributed by atoms with van der Waals surface area (Å²) in [5, 5.41) is 0. The van der Waals surface area contributed by atoms with Crippen molar-refractivity contribution in [3.63, 3.8) is 0 Å². The molecule has 0 bridgehead atoms. The second kappa shape index (κ2) is 7.37. The van der Waals surface area contributed by atoms with Gasteiger partial charge in [-0.2, -0.15) is 0 Å². The lowest BCUT2D eigenvalue weighted by atomic mass is 10.1. The number of amides is 2. The summed E-state index contributed by atoms with van der Waals surface area (Å²) in [7, 11) is 0. The Morgan fingerprint density at radius 2 is 2.04 bits per heavy atom. The number of carbonyl (C=O) groups excluding carboxylic acids is 2. The Labute approximate surface area is 154 Å². The zero-order valence-corrected chi connectivity index (χ0v) is 15.4. The summed E-state index contributed by atoms with van der Waals surface area (Å²) in [5.74, 6) is 0.0647. The molecule has 3 heterocycles. The fourth-order valence-electron chi connectivity index (χ4n) is 4.36. The molecule has 2 amide bonds. The molecule has 1 unspecified atom stereocenters. The quantitative estimate of drug-likeness (QED) is 0.821. The molecule has 6 heteroatoms. The molecule has 3 aliphatic rings. The first-order chi connectivity index (χ1) is 12.7. The average Bonchev–Trinajstić information content (AvgIpc) is 3.26. The van der Waals surface area contributed by atoms with Gasteiger partial charge in [-0.1, -0.05) is 13.0 Å². The molecule has 140 valence electrons. The zero-order valence-electron chi connectivity index (χ0n) is 15.4. The molecular weight excluding hydrogens is 330 g/mol. The van der Waals surface area contributed by atoms with Gasteiger partial charge in [0, 0.05) is 43.3 Å². The van der Waals surface area contributed by atoms with Crippen LogP contribution >= 0.6 is 0 Å². The summed E-state index contributed by atoms with van der Waals surface area (Å²) in [6, 6.07) is 6.07. The van der Waals surface area contributed by atoms with Crippen LogP contribution in [0.2, 0.25) is 0 Å². The summed E-state index contributed by atoms with van der Waals surface area (Å²) >= 11 is 0. The normalized spacial score (nSPS) is 23.6. The molecule has 0 aromatic heterocycles. The number of likely N-dealkylation sites (N-methyl/N-ethyl adjacent to an activating group) is 1. The van der Waals surface area contributed by atoms with Gasteiger partial charge in [-0.3, -0.25) is 14.5 Å². The van der Waals surface area contributed by atoms with Crippen LogP contribution in [0.1, 0.15) is 46.0 Å². The minimum Gasteiger partial charge on any atom is -0.378 e. The van der Waals surface area contributed by atoms with E-state index in [1.54, 1.807) is 11.0 Å². The lowest BCUT2D eigenvalue weighted by Crippen LogP contribution is -2.41. The van der Waals surface area contributed by atoms with Gasteiger partial charge < -0.3 is 14.5 Å². The first kappa shape index (κ1) is 17.5. The van der Waals surface area contributed by atoms with E-state index in [-0.39, 0.29) is 11.8 Å². The molecule has 3 aliphatic heterocycles. The number of nitrogens with zero attached hydrogens (tertiary/aromatic N) is 3. The minimum absolute atomic E-state index is 0.00435. The maximum atomic E-state index is 12.9. The van der Waals surface area contributed by atoms with Gasteiger partial charge in [-0.05, 0) is 43.6 Å². The highest BCUT2D eigenvalue weighted by molar-refractivity contribution is 6.02. The minimum atomic E-state index is -0.00435. The average molecular weight is 357 g/mol. The maximum absolute atomic E-state index is 12.9. The number of likely N-dealkylation sites (tertiary alicyclic amines) is 1. The second-order valence-electron chi connectivity index (χ2n) is 7.39. The van der Waals surface area contributed by atoms with Crippen molar-refractivity contribution in [3.05, 3.63) is 34.9 Å². The summed E-state index contributed by atoms with van der Waals surface area (Å²) in [6.45, 7) is 8.20. The van der Waals surface area contributed by atoms with Gasteiger partial charge in [0.05, 0.1) is 13.2 Å². The smallest absolute Gasteiger partial charge is 0.254 e. The Morgan fingerprint density at radius 3 is 2.81 bits per heavy atom. The van der Waals surface area contributed by atoms with E-state index in [4.69, 9.17) is 4.74 Å². The van der Waals surface area contributed by atoms with Gasteiger partial charge in [0.25, 0.3) is 11.8 Å². The predicted octanol–water partition coefficient (Wildman–Crippen LogP) is 1.60. The third-order valence-corrected chi connectivity index (χ3v) is 5.87. The maximum Gasteiger partial charge on any atom is 0.254 e. The Balaban J connectivity index is 1.47. The van der Waals surface area contributed by atoms with E-state index in [1.165, 1.54) is 6.42 Å². The van der Waals surface area contributed by atoms with Gasteiger partial charge in [0.1, 0.15) is 0 Å². The first-order valence-electron chi connectivity index (χ1n) is 9.70. The number of morpholine rings is 1.